The zero-order chi connectivity index (χ0) is 14.9. The van der Waals surface area contributed by atoms with Gasteiger partial charge in [0.15, 0.2) is 0 Å². The number of H-pyrrole nitrogens is 1. The van der Waals surface area contributed by atoms with Gasteiger partial charge in [0.2, 0.25) is 5.91 Å². The summed E-state index contributed by atoms with van der Waals surface area (Å²) < 4.78 is 5.33. The number of carbonyl (C=O) groups excluding carboxylic acids is 1. The van der Waals surface area contributed by atoms with Crippen molar-refractivity contribution >= 4 is 16.9 Å². The summed E-state index contributed by atoms with van der Waals surface area (Å²) in [5.74, 6) is 1.86. The van der Waals surface area contributed by atoms with Crippen LogP contribution >= 0.6 is 0 Å². The number of aromatic nitrogens is 2. The first-order valence-electron chi connectivity index (χ1n) is 8.12. The monoisotopic (exact) mass is 299 g/mol. The van der Waals surface area contributed by atoms with Crippen LogP contribution in [-0.2, 0) is 9.53 Å². The minimum Gasteiger partial charge on any atom is -0.381 e. The number of nitrogens with zero attached hydrogens (tertiary/aromatic N) is 2. The first-order valence-corrected chi connectivity index (χ1v) is 8.12. The molecule has 4 rings (SSSR count). The van der Waals surface area contributed by atoms with Crippen LogP contribution in [0, 0.1) is 5.92 Å². The fraction of sp³-hybridized carbons (Fsp3) is 0.529. The summed E-state index contributed by atoms with van der Waals surface area (Å²) in [4.78, 5) is 22.6. The van der Waals surface area contributed by atoms with E-state index in [1.54, 1.807) is 0 Å². The predicted octanol–water partition coefficient (Wildman–Crippen LogP) is 2.31. The maximum absolute atomic E-state index is 12.4. The van der Waals surface area contributed by atoms with Gasteiger partial charge in [0.05, 0.1) is 23.6 Å². The lowest BCUT2D eigenvalue weighted by molar-refractivity contribution is -0.136. The summed E-state index contributed by atoms with van der Waals surface area (Å²) in [5, 5.41) is 0. The molecule has 1 N–H and O–H groups in total. The van der Waals surface area contributed by atoms with Crippen LogP contribution in [0.5, 0.6) is 0 Å². The van der Waals surface area contributed by atoms with Crippen molar-refractivity contribution in [3.8, 4) is 0 Å². The number of hydrogen-bond donors (Lipinski definition) is 1. The zero-order valence-electron chi connectivity index (χ0n) is 12.6. The van der Waals surface area contributed by atoms with E-state index in [4.69, 9.17) is 9.72 Å². The summed E-state index contributed by atoms with van der Waals surface area (Å²) >= 11 is 0. The lowest BCUT2D eigenvalue weighted by Gasteiger charge is -2.32. The Morgan fingerprint density at radius 3 is 2.77 bits per heavy atom. The number of carbonyl (C=O) groups is 1. The van der Waals surface area contributed by atoms with Crippen molar-refractivity contribution in [1.29, 1.82) is 0 Å². The Labute approximate surface area is 129 Å². The van der Waals surface area contributed by atoms with Gasteiger partial charge in [0, 0.05) is 25.6 Å². The van der Waals surface area contributed by atoms with Crippen LogP contribution in [0.25, 0.3) is 11.0 Å². The second kappa shape index (κ2) is 5.72. The summed E-state index contributed by atoms with van der Waals surface area (Å²) in [7, 11) is 0. The molecular formula is C17H21N3O2. The second-order valence-electron chi connectivity index (χ2n) is 6.30. The summed E-state index contributed by atoms with van der Waals surface area (Å²) in [6, 6.07) is 8.13. The Balaban J connectivity index is 1.41. The maximum Gasteiger partial charge on any atom is 0.228 e. The number of rotatable bonds is 2. The Kier molecular flexibility index (Phi) is 3.58. The molecule has 5 nitrogen and oxygen atoms in total. The second-order valence-corrected chi connectivity index (χ2v) is 6.30. The van der Waals surface area contributed by atoms with E-state index in [9.17, 15) is 4.79 Å². The number of amides is 1. The molecule has 1 aromatic carbocycles. The smallest absolute Gasteiger partial charge is 0.228 e. The van der Waals surface area contributed by atoms with E-state index < -0.39 is 0 Å². The molecule has 0 bridgehead atoms. The highest BCUT2D eigenvalue weighted by molar-refractivity contribution is 5.79. The Morgan fingerprint density at radius 2 is 2.05 bits per heavy atom. The van der Waals surface area contributed by atoms with Gasteiger partial charge in [-0.15, -0.1) is 0 Å². The van der Waals surface area contributed by atoms with Crippen LogP contribution in [0.4, 0.5) is 0 Å². The van der Waals surface area contributed by atoms with Crippen molar-refractivity contribution < 1.29 is 9.53 Å². The van der Waals surface area contributed by atoms with Crippen molar-refractivity contribution in [1.82, 2.24) is 14.9 Å². The standard InChI is InChI=1S/C17H21N3O2/c21-17(13-7-10-22-11-13)20-8-5-12(6-9-20)16-18-14-3-1-2-4-15(14)19-16/h1-4,12-13H,5-11H2,(H,18,19). The lowest BCUT2D eigenvalue weighted by atomic mass is 9.95. The number of nitrogens with one attached hydrogen (secondary N) is 1. The van der Waals surface area contributed by atoms with E-state index in [0.717, 1.165) is 55.8 Å². The van der Waals surface area contributed by atoms with Gasteiger partial charge >= 0.3 is 0 Å². The fourth-order valence-electron chi connectivity index (χ4n) is 3.53. The predicted molar refractivity (Wildman–Crippen MR) is 83.6 cm³/mol. The molecule has 0 radical (unpaired) electrons. The minimum absolute atomic E-state index is 0.0859. The molecule has 5 heteroatoms. The topological polar surface area (TPSA) is 58.2 Å². The Bertz CT molecular complexity index is 634. The van der Waals surface area contributed by atoms with Crippen LogP contribution in [-0.4, -0.2) is 47.1 Å². The Hall–Kier alpha value is -1.88. The number of benzene rings is 1. The number of imidazole rings is 1. The van der Waals surface area contributed by atoms with Crippen LogP contribution in [0.3, 0.4) is 0 Å². The molecule has 2 aromatic rings. The number of piperidine rings is 1. The van der Waals surface area contributed by atoms with Crippen LogP contribution < -0.4 is 0 Å². The number of hydrogen-bond acceptors (Lipinski definition) is 3. The van der Waals surface area contributed by atoms with Gasteiger partial charge in [-0.05, 0) is 31.4 Å². The van der Waals surface area contributed by atoms with Gasteiger partial charge in [0.25, 0.3) is 0 Å². The van der Waals surface area contributed by atoms with Gasteiger partial charge in [0.1, 0.15) is 5.82 Å². The average Bonchev–Trinajstić information content (AvgIpc) is 3.23. The van der Waals surface area contributed by atoms with Crippen molar-refractivity contribution in [2.75, 3.05) is 26.3 Å². The zero-order valence-corrected chi connectivity index (χ0v) is 12.6. The van der Waals surface area contributed by atoms with Crippen LogP contribution in [0.2, 0.25) is 0 Å². The van der Waals surface area contributed by atoms with E-state index in [1.807, 2.05) is 23.1 Å². The van der Waals surface area contributed by atoms with Crippen LogP contribution in [0.15, 0.2) is 24.3 Å². The molecule has 3 heterocycles. The van der Waals surface area contributed by atoms with Crippen molar-refractivity contribution in [3.63, 3.8) is 0 Å². The molecule has 2 aliphatic rings. The quantitative estimate of drug-likeness (QED) is 0.925. The highest BCUT2D eigenvalue weighted by Gasteiger charge is 2.31. The third-order valence-corrected chi connectivity index (χ3v) is 4.88. The molecule has 0 spiro atoms. The van der Waals surface area contributed by atoms with Crippen molar-refractivity contribution in [2.45, 2.75) is 25.2 Å². The molecule has 2 saturated heterocycles. The molecule has 1 atom stereocenters. The SMILES string of the molecule is O=C(C1CCOC1)N1CCC(c2nc3ccccc3[nH]2)CC1. The minimum atomic E-state index is 0.0859. The third kappa shape index (κ3) is 2.50. The highest BCUT2D eigenvalue weighted by Crippen LogP contribution is 2.29. The average molecular weight is 299 g/mol. The summed E-state index contributed by atoms with van der Waals surface area (Å²) in [6.07, 6.45) is 2.85. The number of para-hydroxylation sites is 2. The van der Waals surface area contributed by atoms with Gasteiger partial charge in [-0.25, -0.2) is 4.98 Å². The van der Waals surface area contributed by atoms with Gasteiger partial charge in [-0.3, -0.25) is 4.79 Å². The molecule has 1 unspecified atom stereocenters. The summed E-state index contributed by atoms with van der Waals surface area (Å²) in [5.41, 5.74) is 2.12. The normalized spacial score (nSPS) is 23.3. The van der Waals surface area contributed by atoms with E-state index in [2.05, 4.69) is 11.1 Å². The largest absolute Gasteiger partial charge is 0.381 e. The number of fused-ring (bicyclic) bond motifs is 1. The van der Waals surface area contributed by atoms with Gasteiger partial charge < -0.3 is 14.6 Å². The molecule has 0 saturated carbocycles. The van der Waals surface area contributed by atoms with Gasteiger partial charge in [-0.1, -0.05) is 12.1 Å². The Morgan fingerprint density at radius 1 is 1.23 bits per heavy atom. The van der Waals surface area contributed by atoms with E-state index in [0.29, 0.717) is 12.5 Å². The van der Waals surface area contributed by atoms with E-state index >= 15 is 0 Å². The van der Waals surface area contributed by atoms with Crippen LogP contribution in [0.1, 0.15) is 31.0 Å². The molecule has 22 heavy (non-hydrogen) atoms. The highest BCUT2D eigenvalue weighted by atomic mass is 16.5. The van der Waals surface area contributed by atoms with Crippen molar-refractivity contribution in [2.24, 2.45) is 5.92 Å². The van der Waals surface area contributed by atoms with E-state index in [1.165, 1.54) is 0 Å². The number of likely N-dealkylation sites (tertiary alicyclic amines) is 1. The summed E-state index contributed by atoms with van der Waals surface area (Å²) in [6.45, 7) is 2.99. The first-order chi connectivity index (χ1) is 10.8. The third-order valence-electron chi connectivity index (χ3n) is 4.88. The fourth-order valence-corrected chi connectivity index (χ4v) is 3.53. The molecule has 1 amide bonds. The molecular weight excluding hydrogens is 278 g/mol. The maximum atomic E-state index is 12.4. The van der Waals surface area contributed by atoms with Crippen molar-refractivity contribution in [3.05, 3.63) is 30.1 Å². The number of aromatic amines is 1. The molecule has 2 fully saturated rings. The molecule has 1 aromatic heterocycles. The molecule has 2 aliphatic heterocycles. The number of ether oxygens (including phenoxy) is 1. The van der Waals surface area contributed by atoms with Gasteiger partial charge in [-0.2, -0.15) is 0 Å². The molecule has 0 aliphatic carbocycles. The first kappa shape index (κ1) is 13.8. The van der Waals surface area contributed by atoms with E-state index in [-0.39, 0.29) is 11.8 Å². The lowest BCUT2D eigenvalue weighted by Crippen LogP contribution is -2.41. The molecule has 116 valence electrons.